The topological polar surface area (TPSA) is 3.24 Å². The van der Waals surface area contributed by atoms with Crippen molar-refractivity contribution in [2.45, 2.75) is 71.9 Å². The molecule has 0 spiro atoms. The van der Waals surface area contributed by atoms with Crippen LogP contribution in [0.15, 0.2) is 18.2 Å². The molecule has 106 valence electrons. The highest BCUT2D eigenvalue weighted by atomic mass is 15.2. The Hall–Kier alpha value is -0.820. The molecule has 1 heteroatoms. The molecule has 0 aromatic heterocycles. The van der Waals surface area contributed by atoms with Crippen molar-refractivity contribution in [1.82, 2.24) is 4.90 Å². The Labute approximate surface area is 119 Å². The van der Waals surface area contributed by atoms with Crippen LogP contribution in [0.25, 0.3) is 0 Å². The number of fused-ring (bicyclic) bond motifs is 1. The van der Waals surface area contributed by atoms with Crippen LogP contribution in [0.5, 0.6) is 0 Å². The number of nitrogens with zero attached hydrogens (tertiary/aromatic N) is 1. The fourth-order valence-corrected chi connectivity index (χ4v) is 3.08. The summed E-state index contributed by atoms with van der Waals surface area (Å²) >= 11 is 0. The fraction of sp³-hybridized carbons (Fsp3) is 0.667. The van der Waals surface area contributed by atoms with Crippen LogP contribution >= 0.6 is 0 Å². The molecule has 1 nitrogen and oxygen atoms in total. The Kier molecular flexibility index (Phi) is 3.55. The van der Waals surface area contributed by atoms with E-state index in [2.05, 4.69) is 71.6 Å². The van der Waals surface area contributed by atoms with Crippen LogP contribution in [0.2, 0.25) is 0 Å². The maximum absolute atomic E-state index is 2.59. The minimum Gasteiger partial charge on any atom is -0.296 e. The Morgan fingerprint density at radius 3 is 2.32 bits per heavy atom. The number of hydrogen-bond donors (Lipinski definition) is 0. The van der Waals surface area contributed by atoms with Gasteiger partial charge in [0.05, 0.1) is 0 Å². The second-order valence-corrected chi connectivity index (χ2v) is 8.00. The largest absolute Gasteiger partial charge is 0.296 e. The van der Waals surface area contributed by atoms with E-state index in [1.807, 2.05) is 0 Å². The van der Waals surface area contributed by atoms with Crippen molar-refractivity contribution in [2.75, 3.05) is 6.54 Å². The molecule has 0 amide bonds. The van der Waals surface area contributed by atoms with E-state index in [9.17, 15) is 0 Å². The van der Waals surface area contributed by atoms with Gasteiger partial charge in [-0.3, -0.25) is 4.90 Å². The molecule has 0 radical (unpaired) electrons. The van der Waals surface area contributed by atoms with Crippen LogP contribution < -0.4 is 0 Å². The van der Waals surface area contributed by atoms with Crippen LogP contribution in [0, 0.1) is 0 Å². The number of hydrogen-bond acceptors (Lipinski definition) is 1. The monoisotopic (exact) mass is 259 g/mol. The molecule has 1 aromatic rings. The maximum Gasteiger partial charge on any atom is 0.0239 e. The van der Waals surface area contributed by atoms with Gasteiger partial charge >= 0.3 is 0 Å². The van der Waals surface area contributed by atoms with E-state index in [4.69, 9.17) is 0 Å². The SMILES string of the molecule is CC(C)N1Cc2cc(C(C)(C)C)ccc2C(C)(C)C1. The van der Waals surface area contributed by atoms with Crippen LogP contribution in [0.3, 0.4) is 0 Å². The molecule has 0 unspecified atom stereocenters. The van der Waals surface area contributed by atoms with Crippen LogP contribution in [0.1, 0.15) is 65.2 Å². The third kappa shape index (κ3) is 2.86. The Balaban J connectivity index is 2.46. The first kappa shape index (κ1) is 14.6. The zero-order chi connectivity index (χ0) is 14.4. The van der Waals surface area contributed by atoms with E-state index >= 15 is 0 Å². The second kappa shape index (κ2) is 4.63. The van der Waals surface area contributed by atoms with Crippen molar-refractivity contribution in [3.8, 4) is 0 Å². The standard InChI is InChI=1S/C18H29N/c1-13(2)19-11-14-10-15(17(3,4)5)8-9-16(14)18(6,7)12-19/h8-10,13H,11-12H2,1-7H3. The molecule has 1 aliphatic rings. The molecular formula is C18H29N. The van der Waals surface area contributed by atoms with Gasteiger partial charge in [-0.15, -0.1) is 0 Å². The second-order valence-electron chi connectivity index (χ2n) is 8.00. The van der Waals surface area contributed by atoms with Gasteiger partial charge < -0.3 is 0 Å². The molecule has 0 saturated carbocycles. The average Bonchev–Trinajstić information content (AvgIpc) is 2.25. The summed E-state index contributed by atoms with van der Waals surface area (Å²) in [6, 6.07) is 7.75. The van der Waals surface area contributed by atoms with E-state index in [1.54, 1.807) is 0 Å². The third-order valence-electron chi connectivity index (χ3n) is 4.40. The molecule has 1 heterocycles. The minimum atomic E-state index is 0.235. The van der Waals surface area contributed by atoms with Crippen molar-refractivity contribution >= 4 is 0 Å². The minimum absolute atomic E-state index is 0.235. The van der Waals surface area contributed by atoms with E-state index in [0.29, 0.717) is 6.04 Å². The first-order valence-corrected chi connectivity index (χ1v) is 7.49. The highest BCUT2D eigenvalue weighted by molar-refractivity contribution is 5.41. The molecular weight excluding hydrogens is 230 g/mol. The van der Waals surface area contributed by atoms with Crippen LogP contribution in [-0.4, -0.2) is 17.5 Å². The quantitative estimate of drug-likeness (QED) is 0.718. The molecule has 0 fully saturated rings. The van der Waals surface area contributed by atoms with Gasteiger partial charge in [0.1, 0.15) is 0 Å². The predicted octanol–water partition coefficient (Wildman–Crippen LogP) is 4.49. The van der Waals surface area contributed by atoms with Crippen molar-refractivity contribution in [3.63, 3.8) is 0 Å². The van der Waals surface area contributed by atoms with Gasteiger partial charge in [-0.2, -0.15) is 0 Å². The van der Waals surface area contributed by atoms with E-state index in [1.165, 1.54) is 16.7 Å². The molecule has 2 rings (SSSR count). The molecule has 0 atom stereocenters. The first-order chi connectivity index (χ1) is 8.61. The van der Waals surface area contributed by atoms with Crippen molar-refractivity contribution in [2.24, 2.45) is 0 Å². The molecule has 1 aromatic carbocycles. The summed E-state index contributed by atoms with van der Waals surface area (Å²) < 4.78 is 0. The van der Waals surface area contributed by atoms with Crippen molar-refractivity contribution < 1.29 is 0 Å². The average molecular weight is 259 g/mol. The van der Waals surface area contributed by atoms with E-state index in [0.717, 1.165) is 13.1 Å². The third-order valence-corrected chi connectivity index (χ3v) is 4.40. The molecule has 0 aliphatic carbocycles. The van der Waals surface area contributed by atoms with Crippen LogP contribution in [-0.2, 0) is 17.4 Å². The summed E-state index contributed by atoms with van der Waals surface area (Å²) in [5.74, 6) is 0. The first-order valence-electron chi connectivity index (χ1n) is 7.49. The molecule has 0 bridgehead atoms. The molecule has 0 N–H and O–H groups in total. The Bertz CT molecular complexity index is 463. The van der Waals surface area contributed by atoms with Crippen molar-refractivity contribution in [3.05, 3.63) is 34.9 Å². The Morgan fingerprint density at radius 1 is 1.16 bits per heavy atom. The highest BCUT2D eigenvalue weighted by Crippen LogP contribution is 2.36. The van der Waals surface area contributed by atoms with E-state index < -0.39 is 0 Å². The summed E-state index contributed by atoms with van der Waals surface area (Å²) in [5.41, 5.74) is 5.01. The smallest absolute Gasteiger partial charge is 0.0239 e. The summed E-state index contributed by atoms with van der Waals surface area (Å²) in [6.07, 6.45) is 0. The summed E-state index contributed by atoms with van der Waals surface area (Å²) in [7, 11) is 0. The van der Waals surface area contributed by atoms with Gasteiger partial charge in [0, 0.05) is 24.5 Å². The number of rotatable bonds is 1. The highest BCUT2D eigenvalue weighted by Gasteiger charge is 2.33. The lowest BCUT2D eigenvalue weighted by atomic mass is 9.75. The molecule has 19 heavy (non-hydrogen) atoms. The van der Waals surface area contributed by atoms with Crippen LogP contribution in [0.4, 0.5) is 0 Å². The molecule has 0 saturated heterocycles. The Morgan fingerprint density at radius 2 is 1.79 bits per heavy atom. The summed E-state index contributed by atoms with van der Waals surface area (Å²) in [5, 5.41) is 0. The fourth-order valence-electron chi connectivity index (χ4n) is 3.08. The summed E-state index contributed by atoms with van der Waals surface area (Å²) in [6.45, 7) is 18.5. The van der Waals surface area contributed by atoms with Crippen molar-refractivity contribution in [1.29, 1.82) is 0 Å². The maximum atomic E-state index is 2.59. The lowest BCUT2D eigenvalue weighted by Crippen LogP contribution is -2.45. The van der Waals surface area contributed by atoms with Gasteiger partial charge in [0.2, 0.25) is 0 Å². The zero-order valence-electron chi connectivity index (χ0n) is 13.7. The van der Waals surface area contributed by atoms with Gasteiger partial charge in [-0.25, -0.2) is 0 Å². The lowest BCUT2D eigenvalue weighted by molar-refractivity contribution is 0.154. The van der Waals surface area contributed by atoms with Gasteiger partial charge in [-0.05, 0) is 36.0 Å². The van der Waals surface area contributed by atoms with Gasteiger partial charge in [0.15, 0.2) is 0 Å². The zero-order valence-corrected chi connectivity index (χ0v) is 13.7. The van der Waals surface area contributed by atoms with Gasteiger partial charge in [0.25, 0.3) is 0 Å². The normalized spacial score (nSPS) is 19.6. The molecule has 1 aliphatic heterocycles. The summed E-state index contributed by atoms with van der Waals surface area (Å²) in [4.78, 5) is 2.59. The number of benzene rings is 1. The van der Waals surface area contributed by atoms with Gasteiger partial charge in [-0.1, -0.05) is 52.8 Å². The predicted molar refractivity (Wildman–Crippen MR) is 83.7 cm³/mol. The van der Waals surface area contributed by atoms with E-state index in [-0.39, 0.29) is 10.8 Å². The lowest BCUT2D eigenvalue weighted by Gasteiger charge is -2.42.